The van der Waals surface area contributed by atoms with Crippen molar-refractivity contribution in [2.75, 3.05) is 30.4 Å². The Labute approximate surface area is 123 Å². The third-order valence-corrected chi connectivity index (χ3v) is 4.13. The molecule has 0 amide bonds. The first-order chi connectivity index (χ1) is 10.00. The second kappa shape index (κ2) is 6.51. The van der Waals surface area contributed by atoms with Gasteiger partial charge < -0.3 is 11.1 Å². The van der Waals surface area contributed by atoms with Crippen molar-refractivity contribution in [2.24, 2.45) is 0 Å². The van der Waals surface area contributed by atoms with Crippen LogP contribution < -0.4 is 15.8 Å². The summed E-state index contributed by atoms with van der Waals surface area (Å²) >= 11 is 0. The summed E-state index contributed by atoms with van der Waals surface area (Å²) in [4.78, 5) is 8.50. The van der Waals surface area contributed by atoms with Gasteiger partial charge >= 0.3 is 0 Å². The van der Waals surface area contributed by atoms with Gasteiger partial charge in [0.1, 0.15) is 11.6 Å². The fraction of sp³-hybridized carbons (Fsp3) is 0.231. The van der Waals surface area contributed by atoms with E-state index in [2.05, 4.69) is 20.0 Å². The van der Waals surface area contributed by atoms with E-state index in [1.54, 1.807) is 6.07 Å². The first-order valence-corrected chi connectivity index (χ1v) is 8.00. The molecule has 0 saturated carbocycles. The van der Waals surface area contributed by atoms with Crippen LogP contribution in [0.15, 0.2) is 36.4 Å². The lowest BCUT2D eigenvalue weighted by molar-refractivity contribution is 0.588. The third kappa shape index (κ3) is 4.40. The number of hydrogen-bond donors (Lipinski definition) is 3. The quantitative estimate of drug-likeness (QED) is 0.724. The first-order valence-electron chi connectivity index (χ1n) is 6.35. The molecule has 0 bridgehead atoms. The smallest absolute Gasteiger partial charge is 0.213 e. The molecular formula is C13H17N5O2S. The van der Waals surface area contributed by atoms with E-state index in [9.17, 15) is 8.42 Å². The van der Waals surface area contributed by atoms with Crippen LogP contribution in [0.5, 0.6) is 0 Å². The molecule has 0 aliphatic rings. The molecule has 0 atom stereocenters. The van der Waals surface area contributed by atoms with Crippen LogP contribution in [0.2, 0.25) is 0 Å². The van der Waals surface area contributed by atoms with E-state index in [-0.39, 0.29) is 12.3 Å². The molecule has 4 N–H and O–H groups in total. The number of benzene rings is 1. The predicted octanol–water partition coefficient (Wildman–Crippen LogP) is 0.687. The van der Waals surface area contributed by atoms with Crippen molar-refractivity contribution in [3.63, 3.8) is 0 Å². The zero-order valence-corrected chi connectivity index (χ0v) is 12.4. The molecule has 0 spiro atoms. The second-order valence-electron chi connectivity index (χ2n) is 4.32. The van der Waals surface area contributed by atoms with Gasteiger partial charge in [-0.25, -0.2) is 23.1 Å². The fourth-order valence-electron chi connectivity index (χ4n) is 1.69. The van der Waals surface area contributed by atoms with Gasteiger partial charge in [-0.05, 0) is 7.05 Å². The molecule has 21 heavy (non-hydrogen) atoms. The van der Waals surface area contributed by atoms with Crippen LogP contribution in [0.3, 0.4) is 0 Å². The maximum absolute atomic E-state index is 11.3. The summed E-state index contributed by atoms with van der Waals surface area (Å²) in [5, 5.41) is 2.94. The van der Waals surface area contributed by atoms with Gasteiger partial charge in [0.05, 0.1) is 5.75 Å². The van der Waals surface area contributed by atoms with Crippen LogP contribution in [-0.2, 0) is 10.0 Å². The monoisotopic (exact) mass is 307 g/mol. The second-order valence-corrected chi connectivity index (χ2v) is 6.36. The third-order valence-electron chi connectivity index (χ3n) is 2.77. The Kier molecular flexibility index (Phi) is 4.71. The minimum absolute atomic E-state index is 0.0475. The van der Waals surface area contributed by atoms with E-state index < -0.39 is 10.0 Å². The molecule has 2 rings (SSSR count). The summed E-state index contributed by atoms with van der Waals surface area (Å²) in [6, 6.07) is 11.0. The van der Waals surface area contributed by atoms with Gasteiger partial charge in [0.2, 0.25) is 10.0 Å². The molecular weight excluding hydrogens is 290 g/mol. The van der Waals surface area contributed by atoms with E-state index in [0.717, 1.165) is 5.56 Å². The predicted molar refractivity (Wildman–Crippen MR) is 83.2 cm³/mol. The Morgan fingerprint density at radius 3 is 2.57 bits per heavy atom. The van der Waals surface area contributed by atoms with E-state index >= 15 is 0 Å². The van der Waals surface area contributed by atoms with Gasteiger partial charge in [-0.1, -0.05) is 30.3 Å². The minimum Gasteiger partial charge on any atom is -0.384 e. The van der Waals surface area contributed by atoms with Gasteiger partial charge in [0, 0.05) is 18.2 Å². The molecule has 1 aromatic carbocycles. The van der Waals surface area contributed by atoms with E-state index in [1.807, 2.05) is 30.3 Å². The standard InChI is InChI=1S/C13H17N5O2S/c1-15-21(19,20)8-7-16-12-9-11(14)17-13(18-12)10-5-3-2-4-6-10/h2-6,9,15H,7-8H2,1H3,(H3,14,16,17,18). The zero-order valence-electron chi connectivity index (χ0n) is 11.6. The van der Waals surface area contributed by atoms with Gasteiger partial charge in [0.25, 0.3) is 0 Å². The lowest BCUT2D eigenvalue weighted by Crippen LogP contribution is -2.26. The van der Waals surface area contributed by atoms with Gasteiger partial charge in [-0.3, -0.25) is 0 Å². The van der Waals surface area contributed by atoms with Crippen LogP contribution in [-0.4, -0.2) is 37.7 Å². The molecule has 1 aromatic heterocycles. The van der Waals surface area contributed by atoms with Crippen molar-refractivity contribution in [3.05, 3.63) is 36.4 Å². The van der Waals surface area contributed by atoms with Gasteiger partial charge in [0.15, 0.2) is 5.82 Å². The Bertz CT molecular complexity index is 704. The summed E-state index contributed by atoms with van der Waals surface area (Å²) in [5.74, 6) is 1.26. The minimum atomic E-state index is -3.25. The highest BCUT2D eigenvalue weighted by atomic mass is 32.2. The van der Waals surface area contributed by atoms with E-state index in [4.69, 9.17) is 5.73 Å². The average Bonchev–Trinajstić information content (AvgIpc) is 2.47. The number of hydrogen-bond acceptors (Lipinski definition) is 6. The highest BCUT2D eigenvalue weighted by molar-refractivity contribution is 7.89. The number of sulfonamides is 1. The molecule has 0 saturated heterocycles. The number of nitrogens with one attached hydrogen (secondary N) is 2. The molecule has 0 aliphatic heterocycles. The van der Waals surface area contributed by atoms with E-state index in [1.165, 1.54) is 7.05 Å². The number of rotatable bonds is 6. The van der Waals surface area contributed by atoms with Crippen molar-refractivity contribution < 1.29 is 8.42 Å². The van der Waals surface area contributed by atoms with Crippen molar-refractivity contribution in [2.45, 2.75) is 0 Å². The summed E-state index contributed by atoms with van der Waals surface area (Å²) in [5.41, 5.74) is 6.60. The average molecular weight is 307 g/mol. The lowest BCUT2D eigenvalue weighted by atomic mass is 10.2. The van der Waals surface area contributed by atoms with Crippen molar-refractivity contribution in [1.82, 2.24) is 14.7 Å². The molecule has 0 radical (unpaired) electrons. The summed E-state index contributed by atoms with van der Waals surface area (Å²) in [6.07, 6.45) is 0. The number of nitrogen functional groups attached to an aromatic ring is 1. The lowest BCUT2D eigenvalue weighted by Gasteiger charge is -2.08. The Morgan fingerprint density at radius 1 is 1.19 bits per heavy atom. The molecule has 0 unspecified atom stereocenters. The SMILES string of the molecule is CNS(=O)(=O)CCNc1cc(N)nc(-c2ccccc2)n1. The number of nitrogens with two attached hydrogens (primary N) is 1. The maximum atomic E-state index is 11.3. The topological polar surface area (TPSA) is 110 Å². The van der Waals surface area contributed by atoms with Crippen LogP contribution in [0.25, 0.3) is 11.4 Å². The van der Waals surface area contributed by atoms with Crippen LogP contribution in [0.4, 0.5) is 11.6 Å². The molecule has 112 valence electrons. The summed E-state index contributed by atoms with van der Waals surface area (Å²) < 4.78 is 24.9. The molecule has 1 heterocycles. The van der Waals surface area contributed by atoms with Crippen molar-refractivity contribution in [3.8, 4) is 11.4 Å². The zero-order chi connectivity index (χ0) is 15.3. The molecule has 0 fully saturated rings. The van der Waals surface area contributed by atoms with Crippen LogP contribution in [0, 0.1) is 0 Å². The van der Waals surface area contributed by atoms with Crippen LogP contribution in [0.1, 0.15) is 0 Å². The maximum Gasteiger partial charge on any atom is 0.213 e. The Balaban J connectivity index is 2.13. The first kappa shape index (κ1) is 15.2. The summed E-state index contributed by atoms with van der Waals surface area (Å²) in [7, 11) is -1.87. The molecule has 8 heteroatoms. The number of anilines is 2. The van der Waals surface area contributed by atoms with Crippen molar-refractivity contribution in [1.29, 1.82) is 0 Å². The fourth-order valence-corrected chi connectivity index (χ4v) is 2.26. The molecule has 0 aliphatic carbocycles. The number of nitrogens with zero attached hydrogens (tertiary/aromatic N) is 2. The largest absolute Gasteiger partial charge is 0.384 e. The van der Waals surface area contributed by atoms with E-state index in [0.29, 0.717) is 17.5 Å². The molecule has 2 aromatic rings. The Hall–Kier alpha value is -2.19. The van der Waals surface area contributed by atoms with Crippen LogP contribution >= 0.6 is 0 Å². The highest BCUT2D eigenvalue weighted by Gasteiger charge is 2.08. The normalized spacial score (nSPS) is 11.3. The number of aromatic nitrogens is 2. The summed E-state index contributed by atoms with van der Waals surface area (Å²) in [6.45, 7) is 0.230. The molecule has 7 nitrogen and oxygen atoms in total. The van der Waals surface area contributed by atoms with Crippen molar-refractivity contribution >= 4 is 21.7 Å². The Morgan fingerprint density at radius 2 is 1.90 bits per heavy atom. The van der Waals surface area contributed by atoms with Gasteiger partial charge in [-0.2, -0.15) is 0 Å². The highest BCUT2D eigenvalue weighted by Crippen LogP contribution is 2.18. The van der Waals surface area contributed by atoms with Gasteiger partial charge in [-0.15, -0.1) is 0 Å².